The molecule has 0 radical (unpaired) electrons. The summed E-state index contributed by atoms with van der Waals surface area (Å²) in [5, 5.41) is 0. The molecule has 0 aromatic carbocycles. The fourth-order valence-corrected chi connectivity index (χ4v) is 2.40. The highest BCUT2D eigenvalue weighted by atomic mass is 35.5. The van der Waals surface area contributed by atoms with Gasteiger partial charge in [-0.15, -0.1) is 11.6 Å². The van der Waals surface area contributed by atoms with Gasteiger partial charge in [0, 0.05) is 20.6 Å². The molecule has 0 saturated heterocycles. The number of amides is 2. The third kappa shape index (κ3) is 4.54. The molecule has 0 spiro atoms. The maximum absolute atomic E-state index is 11.9. The zero-order valence-electron chi connectivity index (χ0n) is 10.6. The highest BCUT2D eigenvalue weighted by Crippen LogP contribution is 2.25. The lowest BCUT2D eigenvalue weighted by Gasteiger charge is -2.24. The standard InChI is InChI=1S/C12H21ClN2O2/c1-14(8-10-5-3-4-6-10)12(17)9-15(2)11(16)7-13/h10H,3-9H2,1-2H3. The van der Waals surface area contributed by atoms with Crippen molar-refractivity contribution in [2.45, 2.75) is 25.7 Å². The van der Waals surface area contributed by atoms with Gasteiger partial charge in [-0.2, -0.15) is 0 Å². The van der Waals surface area contributed by atoms with Gasteiger partial charge in [0.2, 0.25) is 11.8 Å². The van der Waals surface area contributed by atoms with Crippen molar-refractivity contribution in [2.75, 3.05) is 33.1 Å². The minimum atomic E-state index is -0.214. The Bertz CT molecular complexity index is 278. The molecule has 98 valence electrons. The fraction of sp³-hybridized carbons (Fsp3) is 0.833. The zero-order chi connectivity index (χ0) is 12.8. The molecule has 0 unspecified atom stereocenters. The van der Waals surface area contributed by atoms with Gasteiger partial charge in [-0.3, -0.25) is 9.59 Å². The van der Waals surface area contributed by atoms with E-state index in [-0.39, 0.29) is 24.2 Å². The van der Waals surface area contributed by atoms with Crippen LogP contribution in [-0.2, 0) is 9.59 Å². The van der Waals surface area contributed by atoms with Gasteiger partial charge in [-0.1, -0.05) is 12.8 Å². The summed E-state index contributed by atoms with van der Waals surface area (Å²) >= 11 is 5.43. The molecule has 5 heteroatoms. The second-order valence-corrected chi connectivity index (χ2v) is 5.08. The Balaban J connectivity index is 2.33. The zero-order valence-corrected chi connectivity index (χ0v) is 11.4. The second kappa shape index (κ2) is 6.84. The SMILES string of the molecule is CN(CC(=O)N(C)CC1CCCC1)C(=O)CCl. The quantitative estimate of drug-likeness (QED) is 0.700. The molecule has 1 fully saturated rings. The molecule has 0 heterocycles. The number of hydrogen-bond acceptors (Lipinski definition) is 2. The lowest BCUT2D eigenvalue weighted by atomic mass is 10.1. The van der Waals surface area contributed by atoms with Crippen LogP contribution in [0.1, 0.15) is 25.7 Å². The number of nitrogens with zero attached hydrogens (tertiary/aromatic N) is 2. The number of hydrogen-bond donors (Lipinski definition) is 0. The average Bonchev–Trinajstić information content (AvgIpc) is 2.80. The van der Waals surface area contributed by atoms with Crippen molar-refractivity contribution in [3.05, 3.63) is 0 Å². The van der Waals surface area contributed by atoms with Crippen LogP contribution in [0.3, 0.4) is 0 Å². The fourth-order valence-electron chi connectivity index (χ4n) is 2.20. The molecular formula is C12H21ClN2O2. The molecule has 1 saturated carbocycles. The number of rotatable bonds is 5. The van der Waals surface area contributed by atoms with E-state index in [0.29, 0.717) is 5.92 Å². The van der Waals surface area contributed by atoms with E-state index in [1.165, 1.54) is 30.6 Å². The largest absolute Gasteiger partial charge is 0.344 e. The van der Waals surface area contributed by atoms with Crippen LogP contribution in [0.15, 0.2) is 0 Å². The van der Waals surface area contributed by atoms with Gasteiger partial charge in [-0.05, 0) is 18.8 Å². The number of halogens is 1. The van der Waals surface area contributed by atoms with Crippen LogP contribution >= 0.6 is 11.6 Å². The molecule has 0 aromatic heterocycles. The van der Waals surface area contributed by atoms with E-state index >= 15 is 0 Å². The maximum atomic E-state index is 11.9. The van der Waals surface area contributed by atoms with Crippen molar-refractivity contribution in [1.82, 2.24) is 9.80 Å². The minimum absolute atomic E-state index is 0.0159. The molecule has 0 atom stereocenters. The Morgan fingerprint density at radius 2 is 1.71 bits per heavy atom. The number of alkyl halides is 1. The van der Waals surface area contributed by atoms with Crippen LogP contribution in [0.4, 0.5) is 0 Å². The monoisotopic (exact) mass is 260 g/mol. The summed E-state index contributed by atoms with van der Waals surface area (Å²) in [5.74, 6) is 0.334. The van der Waals surface area contributed by atoms with E-state index < -0.39 is 0 Å². The van der Waals surface area contributed by atoms with Crippen molar-refractivity contribution in [3.63, 3.8) is 0 Å². The predicted octanol–water partition coefficient (Wildman–Crippen LogP) is 1.33. The van der Waals surface area contributed by atoms with Crippen LogP contribution < -0.4 is 0 Å². The van der Waals surface area contributed by atoms with Crippen LogP contribution in [0.25, 0.3) is 0 Å². The third-order valence-corrected chi connectivity index (χ3v) is 3.57. The van der Waals surface area contributed by atoms with E-state index in [0.717, 1.165) is 6.54 Å². The van der Waals surface area contributed by atoms with E-state index in [9.17, 15) is 9.59 Å². The molecule has 1 aliphatic carbocycles. The Morgan fingerprint density at radius 3 is 2.24 bits per heavy atom. The first kappa shape index (κ1) is 14.3. The summed E-state index contributed by atoms with van der Waals surface area (Å²) in [6.07, 6.45) is 4.98. The lowest BCUT2D eigenvalue weighted by molar-refractivity contribution is -0.137. The summed E-state index contributed by atoms with van der Waals surface area (Å²) in [7, 11) is 3.41. The Morgan fingerprint density at radius 1 is 1.12 bits per heavy atom. The summed E-state index contributed by atoms with van der Waals surface area (Å²) in [6.45, 7) is 0.927. The van der Waals surface area contributed by atoms with E-state index in [1.54, 1.807) is 19.0 Å². The molecule has 17 heavy (non-hydrogen) atoms. The third-order valence-electron chi connectivity index (χ3n) is 3.35. The first-order valence-corrected chi connectivity index (χ1v) is 6.62. The van der Waals surface area contributed by atoms with Gasteiger partial charge in [0.25, 0.3) is 0 Å². The summed E-state index contributed by atoms with van der Waals surface area (Å²) in [5.41, 5.74) is 0. The van der Waals surface area contributed by atoms with Crippen LogP contribution in [0, 0.1) is 5.92 Å². The highest BCUT2D eigenvalue weighted by Gasteiger charge is 2.20. The van der Waals surface area contributed by atoms with Gasteiger partial charge < -0.3 is 9.80 Å². The molecule has 0 aliphatic heterocycles. The van der Waals surface area contributed by atoms with Crippen LogP contribution in [-0.4, -0.2) is 54.7 Å². The number of likely N-dealkylation sites (N-methyl/N-ethyl adjacent to an activating group) is 2. The molecule has 0 N–H and O–H groups in total. The van der Waals surface area contributed by atoms with Gasteiger partial charge in [0.1, 0.15) is 5.88 Å². The molecule has 1 rings (SSSR count). The van der Waals surface area contributed by atoms with Crippen LogP contribution in [0.2, 0.25) is 0 Å². The molecule has 1 aliphatic rings. The van der Waals surface area contributed by atoms with Crippen LogP contribution in [0.5, 0.6) is 0 Å². The van der Waals surface area contributed by atoms with Crippen molar-refractivity contribution < 1.29 is 9.59 Å². The first-order valence-electron chi connectivity index (χ1n) is 6.08. The Hall–Kier alpha value is -0.770. The summed E-state index contributed by atoms with van der Waals surface area (Å²) in [4.78, 5) is 26.2. The van der Waals surface area contributed by atoms with E-state index in [4.69, 9.17) is 11.6 Å². The van der Waals surface area contributed by atoms with Gasteiger partial charge >= 0.3 is 0 Å². The first-order chi connectivity index (χ1) is 8.04. The average molecular weight is 261 g/mol. The molecular weight excluding hydrogens is 240 g/mol. The summed E-state index contributed by atoms with van der Waals surface area (Å²) in [6, 6.07) is 0. The summed E-state index contributed by atoms with van der Waals surface area (Å²) < 4.78 is 0. The topological polar surface area (TPSA) is 40.6 Å². The van der Waals surface area contributed by atoms with Gasteiger partial charge in [0.05, 0.1) is 6.54 Å². The molecule has 4 nitrogen and oxygen atoms in total. The minimum Gasteiger partial charge on any atom is -0.344 e. The predicted molar refractivity (Wildman–Crippen MR) is 68.0 cm³/mol. The highest BCUT2D eigenvalue weighted by molar-refractivity contribution is 6.27. The molecule has 0 bridgehead atoms. The maximum Gasteiger partial charge on any atom is 0.241 e. The van der Waals surface area contributed by atoms with Gasteiger partial charge in [0.15, 0.2) is 0 Å². The smallest absolute Gasteiger partial charge is 0.241 e. The van der Waals surface area contributed by atoms with Crippen molar-refractivity contribution in [1.29, 1.82) is 0 Å². The van der Waals surface area contributed by atoms with Crippen molar-refractivity contribution in [3.8, 4) is 0 Å². The van der Waals surface area contributed by atoms with Crippen molar-refractivity contribution in [2.24, 2.45) is 5.92 Å². The molecule has 2 amide bonds. The number of carbonyl (C=O) groups excluding carboxylic acids is 2. The van der Waals surface area contributed by atoms with E-state index in [2.05, 4.69) is 0 Å². The Kier molecular flexibility index (Phi) is 5.75. The lowest BCUT2D eigenvalue weighted by Crippen LogP contribution is -2.41. The molecule has 0 aromatic rings. The normalized spacial score (nSPS) is 15.9. The van der Waals surface area contributed by atoms with Gasteiger partial charge in [-0.25, -0.2) is 0 Å². The Labute approximate surface area is 108 Å². The second-order valence-electron chi connectivity index (χ2n) is 4.81. The van der Waals surface area contributed by atoms with Crippen molar-refractivity contribution >= 4 is 23.4 Å². The number of carbonyl (C=O) groups is 2. The van der Waals surface area contributed by atoms with E-state index in [1.807, 2.05) is 0 Å².